The Morgan fingerprint density at radius 3 is 2.33 bits per heavy atom. The summed E-state index contributed by atoms with van der Waals surface area (Å²) in [5.74, 6) is -2.69. The van der Waals surface area contributed by atoms with E-state index in [1.165, 1.54) is 0 Å². The average Bonchev–Trinajstić information content (AvgIpc) is 2.37. The average molecular weight is 322 g/mol. The topological polar surface area (TPSA) is 107 Å². The monoisotopic (exact) mass is 322 g/mol. The molecule has 0 aromatic heterocycles. The molecule has 122 valence electrons. The van der Waals surface area contributed by atoms with Gasteiger partial charge in [-0.05, 0) is 32.6 Å². The molecule has 0 aromatic rings. The molecule has 0 bridgehead atoms. The van der Waals surface area contributed by atoms with Crippen LogP contribution in [0, 0.1) is 5.92 Å². The highest BCUT2D eigenvalue weighted by atomic mass is 32.2. The Morgan fingerprint density at radius 1 is 1.29 bits per heavy atom. The number of rotatable bonds is 6. The minimum atomic E-state index is -3.74. The predicted molar refractivity (Wildman–Crippen MR) is 74.2 cm³/mol. The van der Waals surface area contributed by atoms with Crippen LogP contribution in [0.15, 0.2) is 0 Å². The van der Waals surface area contributed by atoms with Crippen molar-refractivity contribution in [1.29, 1.82) is 0 Å². The Hall–Kier alpha value is -1.15. The van der Waals surface area contributed by atoms with Crippen LogP contribution in [0.5, 0.6) is 0 Å². The van der Waals surface area contributed by atoms with Gasteiger partial charge in [0.15, 0.2) is 9.84 Å². The molecule has 1 rings (SSSR count). The Bertz CT molecular complexity index is 475. The first-order valence-electron chi connectivity index (χ1n) is 6.87. The second kappa shape index (κ2) is 7.22. The summed E-state index contributed by atoms with van der Waals surface area (Å²) >= 11 is 0. The molecule has 1 N–H and O–H groups in total. The van der Waals surface area contributed by atoms with Gasteiger partial charge < -0.3 is 14.6 Å². The van der Waals surface area contributed by atoms with Crippen LogP contribution >= 0.6 is 0 Å². The minimum Gasteiger partial charge on any atom is -0.468 e. The van der Waals surface area contributed by atoms with Crippen molar-refractivity contribution < 1.29 is 32.6 Å². The molecule has 7 nitrogen and oxygen atoms in total. The fourth-order valence-electron chi connectivity index (χ4n) is 2.49. The summed E-state index contributed by atoms with van der Waals surface area (Å²) in [6.07, 6.45) is 1.14. The van der Waals surface area contributed by atoms with E-state index in [-0.39, 0.29) is 24.7 Å². The van der Waals surface area contributed by atoms with Crippen molar-refractivity contribution in [3.63, 3.8) is 0 Å². The molecule has 1 saturated carbocycles. The summed E-state index contributed by atoms with van der Waals surface area (Å²) in [7, 11) is -2.63. The van der Waals surface area contributed by atoms with Crippen molar-refractivity contribution in [3.8, 4) is 0 Å². The zero-order valence-corrected chi connectivity index (χ0v) is 13.1. The normalized spacial score (nSPS) is 26.1. The van der Waals surface area contributed by atoms with Crippen LogP contribution in [0.2, 0.25) is 0 Å². The van der Waals surface area contributed by atoms with Gasteiger partial charge in [-0.3, -0.25) is 9.59 Å². The molecule has 0 spiro atoms. The predicted octanol–water partition coefficient (Wildman–Crippen LogP) is 0.0586. The van der Waals surface area contributed by atoms with Crippen LogP contribution in [-0.2, 0) is 28.9 Å². The summed E-state index contributed by atoms with van der Waals surface area (Å²) in [6, 6.07) is 0. The van der Waals surface area contributed by atoms with E-state index in [1.54, 1.807) is 6.92 Å². The second-order valence-corrected chi connectivity index (χ2v) is 7.42. The molecule has 0 heterocycles. The number of aliphatic hydroxyl groups is 1. The largest absolute Gasteiger partial charge is 0.468 e. The van der Waals surface area contributed by atoms with Crippen molar-refractivity contribution in [3.05, 3.63) is 0 Å². The maximum atomic E-state index is 11.8. The lowest BCUT2D eigenvalue weighted by Crippen LogP contribution is -2.43. The molecule has 0 aliphatic heterocycles. The van der Waals surface area contributed by atoms with Crippen LogP contribution < -0.4 is 0 Å². The first-order valence-corrected chi connectivity index (χ1v) is 8.70. The maximum absolute atomic E-state index is 11.8. The van der Waals surface area contributed by atoms with Gasteiger partial charge in [0.2, 0.25) is 0 Å². The van der Waals surface area contributed by atoms with Crippen LogP contribution in [0.4, 0.5) is 0 Å². The highest BCUT2D eigenvalue weighted by Gasteiger charge is 2.40. The molecule has 0 radical (unpaired) electrons. The molecule has 0 saturated heterocycles. The van der Waals surface area contributed by atoms with Crippen LogP contribution in [0.1, 0.15) is 32.6 Å². The van der Waals surface area contributed by atoms with Crippen LogP contribution in [0.25, 0.3) is 0 Å². The highest BCUT2D eigenvalue weighted by Crippen LogP contribution is 2.34. The van der Waals surface area contributed by atoms with Crippen molar-refractivity contribution in [2.24, 2.45) is 5.92 Å². The number of sulfone groups is 1. The smallest absolute Gasteiger partial charge is 0.320 e. The van der Waals surface area contributed by atoms with Crippen molar-refractivity contribution in [1.82, 2.24) is 0 Å². The highest BCUT2D eigenvalue weighted by molar-refractivity contribution is 7.92. The van der Waals surface area contributed by atoms with E-state index in [0.29, 0.717) is 19.4 Å². The number of carbonyl (C=O) groups excluding carboxylic acids is 2. The number of carbonyl (C=O) groups is 2. The molecule has 1 fully saturated rings. The summed E-state index contributed by atoms with van der Waals surface area (Å²) in [5.41, 5.74) is -1.39. The lowest BCUT2D eigenvalue weighted by atomic mass is 9.80. The zero-order valence-electron chi connectivity index (χ0n) is 12.3. The standard InChI is InChI=1S/C13H22O7S/c1-3-20-12(15)10-4-6-13(16,7-5-10)9-21(17,18)8-11(14)19-2/h10,16H,3-9H2,1-2H3. The van der Waals surface area contributed by atoms with Gasteiger partial charge in [0.05, 0.1) is 31.0 Å². The first-order chi connectivity index (χ1) is 9.71. The van der Waals surface area contributed by atoms with E-state index in [2.05, 4.69) is 4.74 Å². The first kappa shape index (κ1) is 17.9. The molecule has 1 aliphatic rings. The van der Waals surface area contributed by atoms with Crippen molar-refractivity contribution in [2.45, 2.75) is 38.2 Å². The number of esters is 2. The van der Waals surface area contributed by atoms with Gasteiger partial charge in [-0.1, -0.05) is 0 Å². The van der Waals surface area contributed by atoms with Gasteiger partial charge in [0.1, 0.15) is 5.75 Å². The van der Waals surface area contributed by atoms with E-state index in [4.69, 9.17) is 4.74 Å². The second-order valence-electron chi connectivity index (χ2n) is 5.36. The van der Waals surface area contributed by atoms with Gasteiger partial charge in [-0.15, -0.1) is 0 Å². The molecular weight excluding hydrogens is 300 g/mol. The van der Waals surface area contributed by atoms with Gasteiger partial charge in [-0.2, -0.15) is 0 Å². The fraction of sp³-hybridized carbons (Fsp3) is 0.846. The van der Waals surface area contributed by atoms with Crippen LogP contribution in [0.3, 0.4) is 0 Å². The third kappa shape index (κ3) is 5.62. The molecule has 0 unspecified atom stereocenters. The number of methoxy groups -OCH3 is 1. The van der Waals surface area contributed by atoms with Gasteiger partial charge in [0.25, 0.3) is 0 Å². The maximum Gasteiger partial charge on any atom is 0.320 e. The minimum absolute atomic E-state index is 0.191. The summed E-state index contributed by atoms with van der Waals surface area (Å²) in [5, 5.41) is 10.3. The molecular formula is C13H22O7S. The van der Waals surface area contributed by atoms with Crippen molar-refractivity contribution in [2.75, 3.05) is 25.2 Å². The molecule has 1 aliphatic carbocycles. The van der Waals surface area contributed by atoms with Crippen molar-refractivity contribution >= 4 is 21.8 Å². The molecule has 0 aromatic carbocycles. The van der Waals surface area contributed by atoms with E-state index < -0.39 is 32.9 Å². The fourth-order valence-corrected chi connectivity index (χ4v) is 4.18. The Kier molecular flexibility index (Phi) is 6.15. The lowest BCUT2D eigenvalue weighted by Gasteiger charge is -2.34. The van der Waals surface area contributed by atoms with Gasteiger partial charge >= 0.3 is 11.9 Å². The molecule has 0 atom stereocenters. The van der Waals surface area contributed by atoms with E-state index in [0.717, 1.165) is 7.11 Å². The molecule has 8 heteroatoms. The van der Waals surface area contributed by atoms with Crippen LogP contribution in [-0.4, -0.2) is 56.3 Å². The summed E-state index contributed by atoms with van der Waals surface area (Å²) < 4.78 is 32.9. The van der Waals surface area contributed by atoms with E-state index in [9.17, 15) is 23.1 Å². The van der Waals surface area contributed by atoms with E-state index in [1.807, 2.05) is 0 Å². The zero-order chi connectivity index (χ0) is 16.1. The molecule has 0 amide bonds. The van der Waals surface area contributed by atoms with Gasteiger partial charge in [0, 0.05) is 0 Å². The summed E-state index contributed by atoms with van der Waals surface area (Å²) in [4.78, 5) is 22.6. The third-order valence-electron chi connectivity index (χ3n) is 3.59. The lowest BCUT2D eigenvalue weighted by molar-refractivity contribution is -0.150. The number of ether oxygens (including phenoxy) is 2. The van der Waals surface area contributed by atoms with E-state index >= 15 is 0 Å². The number of hydrogen-bond donors (Lipinski definition) is 1. The summed E-state index contributed by atoms with van der Waals surface area (Å²) in [6.45, 7) is 2.02. The Morgan fingerprint density at radius 2 is 1.86 bits per heavy atom. The number of hydrogen-bond acceptors (Lipinski definition) is 7. The third-order valence-corrected chi connectivity index (χ3v) is 5.24. The van der Waals surface area contributed by atoms with Gasteiger partial charge in [-0.25, -0.2) is 8.42 Å². The Balaban J connectivity index is 2.58. The quantitative estimate of drug-likeness (QED) is 0.689. The molecule has 21 heavy (non-hydrogen) atoms. The Labute approximate surface area is 124 Å². The SMILES string of the molecule is CCOC(=O)C1CCC(O)(CS(=O)(=O)CC(=O)OC)CC1.